The van der Waals surface area contributed by atoms with Crippen LogP contribution in [0.5, 0.6) is 0 Å². The molecule has 0 aliphatic carbocycles. The van der Waals surface area contributed by atoms with Crippen molar-refractivity contribution in [3.05, 3.63) is 35.9 Å². The molecule has 13 N–H and O–H groups in total. The Kier molecular flexibility index (Phi) is 23.0. The molecule has 0 unspecified atom stereocenters. The molecule has 70 heavy (non-hydrogen) atoms. The molecule has 8 atom stereocenters. The van der Waals surface area contributed by atoms with Gasteiger partial charge in [0.25, 0.3) is 0 Å². The van der Waals surface area contributed by atoms with Gasteiger partial charge in [-0.3, -0.25) is 52.9 Å². The number of benzene rings is 1. The molecular formula is C47H75N13O10. The summed E-state index contributed by atoms with van der Waals surface area (Å²) in [7, 11) is 0. The van der Waals surface area contributed by atoms with E-state index >= 15 is 0 Å². The van der Waals surface area contributed by atoms with Crippen LogP contribution in [0.4, 0.5) is 0 Å². The second-order valence-electron chi connectivity index (χ2n) is 18.5. The highest BCUT2D eigenvalue weighted by atomic mass is 16.2. The molecule has 10 amide bonds. The molecule has 3 rings (SSSR count). The third-order valence-electron chi connectivity index (χ3n) is 12.4. The Morgan fingerprint density at radius 3 is 1.76 bits per heavy atom. The number of carbonyl (C=O) groups excluding carboxylic acids is 10. The van der Waals surface area contributed by atoms with Gasteiger partial charge < -0.3 is 64.2 Å². The first-order chi connectivity index (χ1) is 33.0. The van der Waals surface area contributed by atoms with E-state index < -0.39 is 102 Å². The van der Waals surface area contributed by atoms with E-state index in [9.17, 15) is 47.9 Å². The van der Waals surface area contributed by atoms with Gasteiger partial charge in [0.05, 0.1) is 0 Å². The Bertz CT molecular complexity index is 2040. The number of rotatable bonds is 26. The predicted molar refractivity (Wildman–Crippen MR) is 259 cm³/mol. The van der Waals surface area contributed by atoms with E-state index in [1.165, 1.54) is 39.5 Å². The van der Waals surface area contributed by atoms with E-state index in [2.05, 4.69) is 42.2 Å². The average molecular weight is 982 g/mol. The highest BCUT2D eigenvalue weighted by molar-refractivity contribution is 5.98. The van der Waals surface area contributed by atoms with Crippen molar-refractivity contribution in [2.45, 2.75) is 155 Å². The molecule has 2 aliphatic heterocycles. The van der Waals surface area contributed by atoms with E-state index in [-0.39, 0.29) is 56.0 Å². The smallest absolute Gasteiger partial charge is 0.245 e. The summed E-state index contributed by atoms with van der Waals surface area (Å²) >= 11 is 0. The molecule has 23 heteroatoms. The molecule has 0 bridgehead atoms. The van der Waals surface area contributed by atoms with Crippen LogP contribution in [-0.2, 0) is 54.4 Å². The summed E-state index contributed by atoms with van der Waals surface area (Å²) in [6.45, 7) is 11.6. The van der Waals surface area contributed by atoms with Crippen molar-refractivity contribution in [1.82, 2.24) is 47.0 Å². The van der Waals surface area contributed by atoms with Gasteiger partial charge in [-0.1, -0.05) is 44.2 Å². The highest BCUT2D eigenvalue weighted by Crippen LogP contribution is 2.19. The van der Waals surface area contributed by atoms with E-state index in [4.69, 9.17) is 17.2 Å². The van der Waals surface area contributed by atoms with Crippen LogP contribution in [0.1, 0.15) is 105 Å². The van der Waals surface area contributed by atoms with Gasteiger partial charge in [0, 0.05) is 38.5 Å². The van der Waals surface area contributed by atoms with Crippen LogP contribution in [0.25, 0.3) is 0 Å². The molecule has 1 aromatic rings. The number of hydrogen-bond acceptors (Lipinski definition) is 11. The lowest BCUT2D eigenvalue weighted by atomic mass is 9.96. The molecule has 0 aromatic heterocycles. The van der Waals surface area contributed by atoms with Crippen molar-refractivity contribution in [2.24, 2.45) is 34.0 Å². The van der Waals surface area contributed by atoms with Crippen molar-refractivity contribution in [2.75, 3.05) is 26.2 Å². The van der Waals surface area contributed by atoms with Crippen LogP contribution in [-0.4, -0.2) is 149 Å². The zero-order valence-corrected chi connectivity index (χ0v) is 41.5. The average Bonchev–Trinajstić information content (AvgIpc) is 3.67. The van der Waals surface area contributed by atoms with Crippen LogP contribution in [0.15, 0.2) is 35.3 Å². The van der Waals surface area contributed by atoms with Gasteiger partial charge in [-0.25, -0.2) is 0 Å². The molecule has 0 radical (unpaired) electrons. The van der Waals surface area contributed by atoms with Crippen LogP contribution in [0.2, 0.25) is 0 Å². The minimum Gasteiger partial charge on any atom is -0.370 e. The van der Waals surface area contributed by atoms with E-state index in [1.807, 2.05) is 30.3 Å². The minimum atomic E-state index is -1.18. The molecule has 2 saturated heterocycles. The number of aliphatic imine (C=N–C) groups is 1. The second-order valence-corrected chi connectivity index (χ2v) is 18.5. The lowest BCUT2D eigenvalue weighted by molar-refractivity contribution is -0.142. The van der Waals surface area contributed by atoms with E-state index in [0.29, 0.717) is 38.8 Å². The van der Waals surface area contributed by atoms with Gasteiger partial charge in [0.1, 0.15) is 48.3 Å². The second kappa shape index (κ2) is 28.0. The Labute approximate surface area is 409 Å². The zero-order chi connectivity index (χ0) is 52.2. The lowest BCUT2D eigenvalue weighted by Crippen LogP contribution is -2.59. The van der Waals surface area contributed by atoms with E-state index in [1.54, 1.807) is 18.7 Å². The summed E-state index contributed by atoms with van der Waals surface area (Å²) in [6, 6.07) is 1.37. The number of unbranched alkanes of at least 4 members (excludes halogenated alkanes) is 1. The molecule has 0 spiro atoms. The van der Waals surface area contributed by atoms with Crippen LogP contribution in [0.3, 0.4) is 0 Å². The number of amides is 10. The molecule has 2 aliphatic rings. The number of nitrogens with two attached hydrogens (primary N) is 3. The lowest BCUT2D eigenvalue weighted by Gasteiger charge is -2.33. The molecule has 1 aromatic carbocycles. The maximum atomic E-state index is 13.5. The molecule has 2 fully saturated rings. The Balaban J connectivity index is 1.47. The minimum absolute atomic E-state index is 0.117. The number of primary amides is 1. The van der Waals surface area contributed by atoms with Crippen molar-refractivity contribution < 1.29 is 47.9 Å². The Hall–Kier alpha value is -6.81. The first-order valence-corrected chi connectivity index (χ1v) is 24.1. The number of guanidine groups is 1. The number of hydrogen-bond donors (Lipinski definition) is 10. The van der Waals surface area contributed by atoms with Crippen molar-refractivity contribution in [1.29, 1.82) is 0 Å². The molecular weight excluding hydrogens is 907 g/mol. The standard InChI is InChI=1S/C47H75N13O10/c1-26(2)37(44(68)57-35-21-25-60(46(35)70)31(7)42(66)55-30(6)45(69)59-23-19-33(20-24-59)38(48)62)58-41(65)29(5)53-39(63)27(3)52-40(64)28(4)54-43(67)34(17-13-22-51-47(49)50)56-36(61)18-12-11-16-32-14-9-8-10-15-32/h8-10,14-15,26-31,33-35,37H,11-13,16-25H2,1-7H3,(H2,48,62)(H,52,64)(H,53,63)(H,54,67)(H,55,66)(H,56,61)(H,57,68)(H,58,65)(H4,49,50,51)/t27-,28-,29-,30-,31-,34-,35+,37-/m0/s1. The maximum Gasteiger partial charge on any atom is 0.245 e. The Morgan fingerprint density at radius 1 is 0.643 bits per heavy atom. The predicted octanol–water partition coefficient (Wildman–Crippen LogP) is -2.07. The number of carbonyl (C=O) groups is 10. The fourth-order valence-corrected chi connectivity index (χ4v) is 7.98. The van der Waals surface area contributed by atoms with E-state index in [0.717, 1.165) is 18.4 Å². The molecule has 388 valence electrons. The van der Waals surface area contributed by atoms with Crippen LogP contribution < -0.4 is 54.4 Å². The van der Waals surface area contributed by atoms with Crippen molar-refractivity contribution in [3.63, 3.8) is 0 Å². The van der Waals surface area contributed by atoms with Crippen LogP contribution >= 0.6 is 0 Å². The normalized spacial score (nSPS) is 17.9. The maximum absolute atomic E-state index is 13.5. The summed E-state index contributed by atoms with van der Waals surface area (Å²) in [5.41, 5.74) is 17.4. The first kappa shape index (κ1) is 57.5. The first-order valence-electron chi connectivity index (χ1n) is 24.1. The van der Waals surface area contributed by atoms with Gasteiger partial charge >= 0.3 is 0 Å². The summed E-state index contributed by atoms with van der Waals surface area (Å²) in [5, 5.41) is 18.3. The van der Waals surface area contributed by atoms with Crippen LogP contribution in [0, 0.1) is 11.8 Å². The molecule has 23 nitrogen and oxygen atoms in total. The number of likely N-dealkylation sites (tertiary alicyclic amines) is 2. The molecule has 2 heterocycles. The summed E-state index contributed by atoms with van der Waals surface area (Å²) < 4.78 is 0. The summed E-state index contributed by atoms with van der Waals surface area (Å²) in [6.07, 6.45) is 3.93. The topological polar surface area (TPSA) is 352 Å². The fourth-order valence-electron chi connectivity index (χ4n) is 7.98. The largest absolute Gasteiger partial charge is 0.370 e. The SMILES string of the molecule is CC(C)[C@H](NC(=O)[C@H](C)NC(=O)[C@H](C)NC(=O)[C@H](C)NC(=O)[C@H](CCCN=C(N)N)NC(=O)CCCCc1ccccc1)C(=O)N[C@@H]1CCN([C@@H](C)C(=O)N[C@@H](C)C(=O)N2CCC(C(N)=O)CC2)C1=O. The number of nitrogens with one attached hydrogen (secondary N) is 7. The monoisotopic (exact) mass is 982 g/mol. The number of nitrogens with zero attached hydrogens (tertiary/aromatic N) is 3. The van der Waals surface area contributed by atoms with Gasteiger partial charge in [-0.15, -0.1) is 0 Å². The van der Waals surface area contributed by atoms with Gasteiger partial charge in [-0.05, 0) is 97.5 Å². The third-order valence-corrected chi connectivity index (χ3v) is 12.4. The summed E-state index contributed by atoms with van der Waals surface area (Å²) in [5.74, 6) is -6.50. The van der Waals surface area contributed by atoms with Crippen molar-refractivity contribution in [3.8, 4) is 0 Å². The van der Waals surface area contributed by atoms with Gasteiger partial charge in [-0.2, -0.15) is 0 Å². The van der Waals surface area contributed by atoms with Gasteiger partial charge in [0.2, 0.25) is 59.1 Å². The zero-order valence-electron chi connectivity index (χ0n) is 41.5. The van der Waals surface area contributed by atoms with Crippen molar-refractivity contribution >= 4 is 65.0 Å². The quantitative estimate of drug-likeness (QED) is 0.0272. The van der Waals surface area contributed by atoms with Gasteiger partial charge in [0.15, 0.2) is 5.96 Å². The Morgan fingerprint density at radius 2 is 1.20 bits per heavy atom. The third kappa shape index (κ3) is 18.3. The highest BCUT2D eigenvalue weighted by Gasteiger charge is 2.40. The summed E-state index contributed by atoms with van der Waals surface area (Å²) in [4.78, 5) is 137. The number of piperidine rings is 1. The fraction of sp³-hybridized carbons (Fsp3) is 0.638. The number of aryl methyl sites for hydroxylation is 1. The molecule has 0 saturated carbocycles.